The van der Waals surface area contributed by atoms with Crippen molar-refractivity contribution in [2.24, 2.45) is 5.92 Å². The lowest BCUT2D eigenvalue weighted by molar-refractivity contribution is -0.00522. The number of nitrogens with one attached hydrogen (secondary N) is 2. The van der Waals surface area contributed by atoms with Gasteiger partial charge in [0.15, 0.2) is 0 Å². The topological polar surface area (TPSA) is 62.8 Å². The Kier molecular flexibility index (Phi) is 7.50. The fraction of sp³-hybridized carbons (Fsp3) is 0.708. The van der Waals surface area contributed by atoms with Crippen LogP contribution in [0, 0.1) is 5.92 Å². The third-order valence-electron chi connectivity index (χ3n) is 5.81. The van der Waals surface area contributed by atoms with Gasteiger partial charge in [-0.05, 0) is 90.5 Å². The Morgan fingerprint density at radius 2 is 1.67 bits per heavy atom. The maximum absolute atomic E-state index is 11.9. The van der Waals surface area contributed by atoms with Crippen molar-refractivity contribution in [1.29, 1.82) is 0 Å². The van der Waals surface area contributed by atoms with Gasteiger partial charge in [-0.1, -0.05) is 0 Å². The van der Waals surface area contributed by atoms with Gasteiger partial charge in [-0.15, -0.1) is 0 Å². The van der Waals surface area contributed by atoms with Gasteiger partial charge in [-0.3, -0.25) is 0 Å². The Balaban J connectivity index is 1.39. The second-order valence-electron chi connectivity index (χ2n) is 9.95. The SMILES string of the molecule is C[C@@H]1CN(c2ccc(NCC3CCC(NC(=O)OC(C)(C)C)CC3)cc2)C[C@@H](C)O1. The van der Waals surface area contributed by atoms with E-state index >= 15 is 0 Å². The van der Waals surface area contributed by atoms with Crippen LogP contribution in [0.3, 0.4) is 0 Å². The number of nitrogens with zero attached hydrogens (tertiary/aromatic N) is 1. The van der Waals surface area contributed by atoms with E-state index in [4.69, 9.17) is 9.47 Å². The van der Waals surface area contributed by atoms with Gasteiger partial charge in [0, 0.05) is 37.1 Å². The molecular formula is C24H39N3O3. The standard InChI is InChI=1S/C24H39N3O3/c1-17-15-27(16-18(2)29-17)22-12-10-20(11-13-22)25-14-19-6-8-21(9-7-19)26-23(28)30-24(3,4)5/h10-13,17-19,21,25H,6-9,14-16H2,1-5H3,(H,26,28)/t17-,18-,19?,21?/m1/s1. The average molecular weight is 418 g/mol. The highest BCUT2D eigenvalue weighted by Crippen LogP contribution is 2.26. The van der Waals surface area contributed by atoms with E-state index in [1.807, 2.05) is 20.8 Å². The number of hydrogen-bond donors (Lipinski definition) is 2. The number of morpholine rings is 1. The molecule has 1 aromatic rings. The van der Waals surface area contributed by atoms with E-state index < -0.39 is 5.60 Å². The van der Waals surface area contributed by atoms with Gasteiger partial charge < -0.3 is 25.0 Å². The van der Waals surface area contributed by atoms with Crippen LogP contribution in [-0.2, 0) is 9.47 Å². The first-order valence-corrected chi connectivity index (χ1v) is 11.4. The molecule has 2 fully saturated rings. The van der Waals surface area contributed by atoms with Crippen LogP contribution in [0.2, 0.25) is 0 Å². The zero-order valence-corrected chi connectivity index (χ0v) is 19.2. The van der Waals surface area contributed by atoms with Crippen LogP contribution in [-0.4, -0.2) is 49.6 Å². The predicted octanol–water partition coefficient (Wildman–Crippen LogP) is 4.80. The van der Waals surface area contributed by atoms with Gasteiger partial charge in [-0.25, -0.2) is 4.79 Å². The fourth-order valence-electron chi connectivity index (χ4n) is 4.43. The summed E-state index contributed by atoms with van der Waals surface area (Å²) in [5.41, 5.74) is 1.98. The molecular weight excluding hydrogens is 378 g/mol. The molecule has 1 saturated heterocycles. The Bertz CT molecular complexity index is 668. The highest BCUT2D eigenvalue weighted by atomic mass is 16.6. The van der Waals surface area contributed by atoms with Crippen molar-refractivity contribution in [2.75, 3.05) is 29.9 Å². The average Bonchev–Trinajstić information content (AvgIpc) is 2.65. The number of ether oxygens (including phenoxy) is 2. The minimum absolute atomic E-state index is 0.230. The third-order valence-corrected chi connectivity index (χ3v) is 5.81. The van der Waals surface area contributed by atoms with E-state index in [2.05, 4.69) is 53.6 Å². The number of hydrogen-bond acceptors (Lipinski definition) is 5. The van der Waals surface area contributed by atoms with Crippen molar-refractivity contribution in [1.82, 2.24) is 5.32 Å². The smallest absolute Gasteiger partial charge is 0.407 e. The Hall–Kier alpha value is -1.95. The van der Waals surface area contributed by atoms with Gasteiger partial charge in [-0.2, -0.15) is 0 Å². The molecule has 1 aromatic carbocycles. The van der Waals surface area contributed by atoms with Crippen LogP contribution in [0.1, 0.15) is 60.3 Å². The summed E-state index contributed by atoms with van der Waals surface area (Å²) in [6.07, 6.45) is 4.51. The molecule has 2 atom stereocenters. The third kappa shape index (κ3) is 7.08. The van der Waals surface area contributed by atoms with E-state index in [9.17, 15) is 4.79 Å². The molecule has 1 aliphatic heterocycles. The van der Waals surface area contributed by atoms with E-state index in [-0.39, 0.29) is 24.3 Å². The number of benzene rings is 1. The highest BCUT2D eigenvalue weighted by Gasteiger charge is 2.25. The van der Waals surface area contributed by atoms with Crippen LogP contribution in [0.4, 0.5) is 16.2 Å². The molecule has 1 saturated carbocycles. The van der Waals surface area contributed by atoms with Crippen molar-refractivity contribution in [3.8, 4) is 0 Å². The molecule has 2 aliphatic rings. The molecule has 30 heavy (non-hydrogen) atoms. The summed E-state index contributed by atoms with van der Waals surface area (Å²) < 4.78 is 11.2. The molecule has 6 nitrogen and oxygen atoms in total. The van der Waals surface area contributed by atoms with Gasteiger partial charge >= 0.3 is 6.09 Å². The zero-order valence-electron chi connectivity index (χ0n) is 19.2. The number of anilines is 2. The van der Waals surface area contributed by atoms with Crippen molar-refractivity contribution in [3.05, 3.63) is 24.3 Å². The maximum Gasteiger partial charge on any atom is 0.407 e. The first-order valence-electron chi connectivity index (χ1n) is 11.4. The van der Waals surface area contributed by atoms with Crippen LogP contribution < -0.4 is 15.5 Å². The van der Waals surface area contributed by atoms with Crippen molar-refractivity contribution in [2.45, 2.75) is 84.2 Å². The Labute approximate surface area is 181 Å². The molecule has 6 heteroatoms. The first-order chi connectivity index (χ1) is 14.2. The van der Waals surface area contributed by atoms with Crippen LogP contribution >= 0.6 is 0 Å². The molecule has 168 valence electrons. The Morgan fingerprint density at radius 3 is 2.23 bits per heavy atom. The lowest BCUT2D eigenvalue weighted by Crippen LogP contribution is -2.45. The number of amides is 1. The van der Waals surface area contributed by atoms with Gasteiger partial charge in [0.2, 0.25) is 0 Å². The summed E-state index contributed by atoms with van der Waals surface area (Å²) in [5, 5.41) is 6.61. The van der Waals surface area contributed by atoms with Crippen molar-refractivity contribution < 1.29 is 14.3 Å². The van der Waals surface area contributed by atoms with Crippen molar-refractivity contribution >= 4 is 17.5 Å². The molecule has 0 bridgehead atoms. The summed E-state index contributed by atoms with van der Waals surface area (Å²) in [5.74, 6) is 0.641. The largest absolute Gasteiger partial charge is 0.444 e. The predicted molar refractivity (Wildman–Crippen MR) is 122 cm³/mol. The molecule has 1 amide bonds. The lowest BCUT2D eigenvalue weighted by Gasteiger charge is -2.37. The van der Waals surface area contributed by atoms with Crippen LogP contribution in [0.5, 0.6) is 0 Å². The number of rotatable bonds is 5. The molecule has 3 rings (SSSR count). The Morgan fingerprint density at radius 1 is 1.07 bits per heavy atom. The molecule has 1 aliphatic carbocycles. The summed E-state index contributed by atoms with van der Waals surface area (Å²) in [4.78, 5) is 14.3. The number of carbonyl (C=O) groups is 1. The quantitative estimate of drug-likeness (QED) is 0.721. The first kappa shape index (κ1) is 22.7. The summed E-state index contributed by atoms with van der Waals surface area (Å²) >= 11 is 0. The lowest BCUT2D eigenvalue weighted by atomic mass is 9.86. The minimum atomic E-state index is -0.445. The van der Waals surface area contributed by atoms with E-state index in [0.717, 1.165) is 45.3 Å². The summed E-state index contributed by atoms with van der Waals surface area (Å²) in [7, 11) is 0. The van der Waals surface area contributed by atoms with E-state index in [1.54, 1.807) is 0 Å². The van der Waals surface area contributed by atoms with Gasteiger partial charge in [0.1, 0.15) is 5.60 Å². The van der Waals surface area contributed by atoms with E-state index in [1.165, 1.54) is 11.4 Å². The number of alkyl carbamates (subject to hydrolysis) is 1. The highest BCUT2D eigenvalue weighted by molar-refractivity contribution is 5.68. The second-order valence-corrected chi connectivity index (χ2v) is 9.95. The molecule has 0 aromatic heterocycles. The molecule has 0 radical (unpaired) electrons. The fourth-order valence-corrected chi connectivity index (χ4v) is 4.43. The second kappa shape index (κ2) is 9.90. The maximum atomic E-state index is 11.9. The monoisotopic (exact) mass is 417 g/mol. The number of carbonyl (C=O) groups excluding carboxylic acids is 1. The molecule has 1 heterocycles. The minimum Gasteiger partial charge on any atom is -0.444 e. The van der Waals surface area contributed by atoms with Gasteiger partial charge in [0.05, 0.1) is 12.2 Å². The molecule has 2 N–H and O–H groups in total. The summed E-state index contributed by atoms with van der Waals surface area (Å²) in [6.45, 7) is 12.8. The van der Waals surface area contributed by atoms with Crippen LogP contribution in [0.15, 0.2) is 24.3 Å². The normalized spacial score (nSPS) is 27.4. The van der Waals surface area contributed by atoms with Crippen LogP contribution in [0.25, 0.3) is 0 Å². The molecule has 0 unspecified atom stereocenters. The van der Waals surface area contributed by atoms with Gasteiger partial charge in [0.25, 0.3) is 0 Å². The van der Waals surface area contributed by atoms with Crippen molar-refractivity contribution in [3.63, 3.8) is 0 Å². The molecule has 0 spiro atoms. The van der Waals surface area contributed by atoms with E-state index in [0.29, 0.717) is 5.92 Å². The zero-order chi connectivity index (χ0) is 21.7. The summed E-state index contributed by atoms with van der Waals surface area (Å²) in [6, 6.07) is 8.99.